The van der Waals surface area contributed by atoms with Gasteiger partial charge in [-0.2, -0.15) is 4.98 Å². The van der Waals surface area contributed by atoms with Gasteiger partial charge in [0.2, 0.25) is 0 Å². The Labute approximate surface area is 90.4 Å². The molecular weight excluding hydrogens is 214 g/mol. The summed E-state index contributed by atoms with van der Waals surface area (Å²) in [6.07, 6.45) is 1.15. The van der Waals surface area contributed by atoms with Crippen molar-refractivity contribution >= 4 is 5.82 Å². The van der Waals surface area contributed by atoms with Crippen molar-refractivity contribution in [3.8, 4) is 0 Å². The van der Waals surface area contributed by atoms with Crippen molar-refractivity contribution < 1.29 is 14.9 Å². The smallest absolute Gasteiger partial charge is 0.351 e. The predicted octanol–water partition coefficient (Wildman–Crippen LogP) is -0.843. The van der Waals surface area contributed by atoms with Gasteiger partial charge in [0.25, 0.3) is 0 Å². The van der Waals surface area contributed by atoms with Crippen LogP contribution in [-0.4, -0.2) is 32.5 Å². The lowest BCUT2D eigenvalue weighted by Gasteiger charge is -2.15. The lowest BCUT2D eigenvalue weighted by molar-refractivity contribution is -0.0273. The molecule has 16 heavy (non-hydrogen) atoms. The van der Waals surface area contributed by atoms with E-state index in [1.165, 1.54) is 18.3 Å². The molecule has 0 aromatic carbocycles. The molecule has 1 aliphatic heterocycles. The van der Waals surface area contributed by atoms with E-state index in [0.29, 0.717) is 0 Å². The Kier molecular flexibility index (Phi) is 2.63. The van der Waals surface area contributed by atoms with Gasteiger partial charge in [-0.3, -0.25) is 4.57 Å². The van der Waals surface area contributed by atoms with Crippen molar-refractivity contribution in [2.24, 2.45) is 0 Å². The molecule has 0 saturated carbocycles. The summed E-state index contributed by atoms with van der Waals surface area (Å²) in [6.45, 7) is -0.266. The maximum absolute atomic E-state index is 11.5. The number of hydrogen-bond donors (Lipinski definition) is 3. The molecule has 86 valence electrons. The molecule has 4 N–H and O–H groups in total. The molecule has 2 heterocycles. The zero-order valence-corrected chi connectivity index (χ0v) is 8.28. The number of aliphatic hydroxyl groups excluding tert-OH is 2. The van der Waals surface area contributed by atoms with Crippen molar-refractivity contribution in [3.05, 3.63) is 34.6 Å². The number of nitrogen functional groups attached to an aromatic ring is 1. The first-order valence-corrected chi connectivity index (χ1v) is 4.63. The molecule has 0 unspecified atom stereocenters. The molecule has 0 amide bonds. The Morgan fingerprint density at radius 3 is 2.94 bits per heavy atom. The minimum absolute atomic E-state index is 0.0985. The second kappa shape index (κ2) is 3.95. The molecule has 0 saturated heterocycles. The van der Waals surface area contributed by atoms with Gasteiger partial charge in [0.05, 0.1) is 6.61 Å². The summed E-state index contributed by atoms with van der Waals surface area (Å²) in [5.74, 6) is -0.0332. The quantitative estimate of drug-likeness (QED) is 0.605. The van der Waals surface area contributed by atoms with Crippen LogP contribution in [0.2, 0.25) is 0 Å². The number of anilines is 1. The number of nitrogens with two attached hydrogens (primary N) is 1. The van der Waals surface area contributed by atoms with Gasteiger partial charge in [0.1, 0.15) is 17.7 Å². The summed E-state index contributed by atoms with van der Waals surface area (Å²) < 4.78 is 6.31. The van der Waals surface area contributed by atoms with Crippen molar-refractivity contribution in [2.45, 2.75) is 12.3 Å². The summed E-state index contributed by atoms with van der Waals surface area (Å²) in [4.78, 5) is 15.0. The minimum Gasteiger partial charge on any atom is -0.508 e. The van der Waals surface area contributed by atoms with Crippen LogP contribution in [0.1, 0.15) is 6.23 Å². The van der Waals surface area contributed by atoms with Gasteiger partial charge in [-0.1, -0.05) is 0 Å². The van der Waals surface area contributed by atoms with Gasteiger partial charge in [-0.15, -0.1) is 0 Å². The van der Waals surface area contributed by atoms with E-state index in [4.69, 9.17) is 15.6 Å². The Morgan fingerprint density at radius 1 is 1.62 bits per heavy atom. The van der Waals surface area contributed by atoms with Crippen LogP contribution in [0.15, 0.2) is 28.9 Å². The van der Waals surface area contributed by atoms with E-state index in [1.807, 2.05) is 0 Å². The van der Waals surface area contributed by atoms with Gasteiger partial charge in [0, 0.05) is 6.20 Å². The molecule has 0 aliphatic carbocycles. The van der Waals surface area contributed by atoms with Crippen LogP contribution in [-0.2, 0) is 4.74 Å². The number of rotatable bonds is 2. The average Bonchev–Trinajstić information content (AvgIpc) is 2.60. The van der Waals surface area contributed by atoms with Crippen LogP contribution in [0.25, 0.3) is 0 Å². The average molecular weight is 225 g/mol. The highest BCUT2D eigenvalue weighted by molar-refractivity contribution is 5.24. The number of nitrogens with zero attached hydrogens (tertiary/aromatic N) is 2. The molecule has 0 spiro atoms. The van der Waals surface area contributed by atoms with Gasteiger partial charge in [0.15, 0.2) is 6.23 Å². The van der Waals surface area contributed by atoms with Crippen LogP contribution >= 0.6 is 0 Å². The highest BCUT2D eigenvalue weighted by Gasteiger charge is 2.28. The molecule has 1 aromatic rings. The van der Waals surface area contributed by atoms with Crippen LogP contribution in [0.3, 0.4) is 0 Å². The van der Waals surface area contributed by atoms with E-state index in [0.717, 1.165) is 4.57 Å². The highest BCUT2D eigenvalue weighted by atomic mass is 16.5. The summed E-state index contributed by atoms with van der Waals surface area (Å²) in [5.41, 5.74) is 4.71. The van der Waals surface area contributed by atoms with Crippen LogP contribution < -0.4 is 11.4 Å². The first kappa shape index (κ1) is 10.7. The number of ether oxygens (including phenoxy) is 1. The van der Waals surface area contributed by atoms with E-state index in [-0.39, 0.29) is 18.2 Å². The first-order chi connectivity index (χ1) is 7.61. The fraction of sp³-hybridized carbons (Fsp3) is 0.333. The number of aromatic nitrogens is 2. The molecule has 0 radical (unpaired) electrons. The highest BCUT2D eigenvalue weighted by Crippen LogP contribution is 2.25. The van der Waals surface area contributed by atoms with Crippen molar-refractivity contribution in [1.29, 1.82) is 0 Å². The normalized spacial score (nSPS) is 24.4. The van der Waals surface area contributed by atoms with Crippen molar-refractivity contribution in [2.75, 3.05) is 12.3 Å². The molecule has 0 bridgehead atoms. The van der Waals surface area contributed by atoms with Gasteiger partial charge in [-0.25, -0.2) is 4.79 Å². The standard InChI is InChI=1S/C9H11N3O4/c10-7-1-2-12(9(15)11-7)8-6(14)3-5(4-13)16-8/h1-3,5,8,13-14H,4H2,(H2,10,11,15)/t5-,8+/m1/s1. The summed E-state index contributed by atoms with van der Waals surface area (Å²) in [6, 6.07) is 1.42. The van der Waals surface area contributed by atoms with Gasteiger partial charge in [-0.05, 0) is 12.1 Å². The minimum atomic E-state index is -0.947. The first-order valence-electron chi connectivity index (χ1n) is 4.63. The zero-order chi connectivity index (χ0) is 11.7. The van der Waals surface area contributed by atoms with E-state index >= 15 is 0 Å². The largest absolute Gasteiger partial charge is 0.508 e. The third kappa shape index (κ3) is 1.77. The number of aliphatic hydroxyl groups is 2. The molecule has 2 atom stereocenters. The molecule has 2 rings (SSSR count). The second-order valence-corrected chi connectivity index (χ2v) is 3.34. The lowest BCUT2D eigenvalue weighted by atomic mass is 10.3. The summed E-state index contributed by atoms with van der Waals surface area (Å²) in [5, 5.41) is 18.4. The van der Waals surface area contributed by atoms with E-state index < -0.39 is 18.0 Å². The Morgan fingerprint density at radius 2 is 2.38 bits per heavy atom. The van der Waals surface area contributed by atoms with Crippen molar-refractivity contribution in [3.63, 3.8) is 0 Å². The molecule has 1 aromatic heterocycles. The van der Waals surface area contributed by atoms with Gasteiger partial charge < -0.3 is 20.7 Å². The molecule has 1 aliphatic rings. The second-order valence-electron chi connectivity index (χ2n) is 3.34. The van der Waals surface area contributed by atoms with E-state index in [2.05, 4.69) is 4.98 Å². The SMILES string of the molecule is Nc1ccn([C@H]2O[C@@H](CO)C=C2O)c(=O)n1. The summed E-state index contributed by atoms with van der Waals surface area (Å²) in [7, 11) is 0. The van der Waals surface area contributed by atoms with Crippen LogP contribution in [0, 0.1) is 0 Å². The molecule has 0 fully saturated rings. The van der Waals surface area contributed by atoms with E-state index in [1.54, 1.807) is 0 Å². The maximum atomic E-state index is 11.5. The van der Waals surface area contributed by atoms with E-state index in [9.17, 15) is 9.90 Å². The monoisotopic (exact) mass is 225 g/mol. The molecular formula is C9H11N3O4. The topological polar surface area (TPSA) is 111 Å². The Bertz CT molecular complexity index is 482. The maximum Gasteiger partial charge on any atom is 0.351 e. The number of hydrogen-bond acceptors (Lipinski definition) is 6. The van der Waals surface area contributed by atoms with Crippen LogP contribution in [0.5, 0.6) is 0 Å². The summed E-state index contributed by atoms with van der Waals surface area (Å²) >= 11 is 0. The fourth-order valence-corrected chi connectivity index (χ4v) is 1.46. The van der Waals surface area contributed by atoms with Crippen LogP contribution in [0.4, 0.5) is 5.82 Å². The fourth-order valence-electron chi connectivity index (χ4n) is 1.46. The molecule has 7 nitrogen and oxygen atoms in total. The Balaban J connectivity index is 2.33. The third-order valence-electron chi connectivity index (χ3n) is 2.20. The lowest BCUT2D eigenvalue weighted by Crippen LogP contribution is -2.29. The van der Waals surface area contributed by atoms with Crippen molar-refractivity contribution in [1.82, 2.24) is 9.55 Å². The Hall–Kier alpha value is -1.86. The third-order valence-corrected chi connectivity index (χ3v) is 2.20. The predicted molar refractivity (Wildman–Crippen MR) is 54.6 cm³/mol. The molecule has 7 heteroatoms. The van der Waals surface area contributed by atoms with Gasteiger partial charge >= 0.3 is 5.69 Å². The zero-order valence-electron chi connectivity index (χ0n) is 8.28.